The zero-order valence-electron chi connectivity index (χ0n) is 23.7. The summed E-state index contributed by atoms with van der Waals surface area (Å²) in [5, 5.41) is 3.42. The van der Waals surface area contributed by atoms with Crippen molar-refractivity contribution in [3.63, 3.8) is 0 Å². The number of nitrogens with zero attached hydrogens (tertiary/aromatic N) is 4. The Bertz CT molecular complexity index is 1920. The third-order valence-corrected chi connectivity index (χ3v) is 8.21. The summed E-state index contributed by atoms with van der Waals surface area (Å²) in [6.45, 7) is 4.43. The molecule has 3 aromatic heterocycles. The van der Waals surface area contributed by atoms with Crippen LogP contribution in [0.4, 0.5) is 25.8 Å². The van der Waals surface area contributed by atoms with Crippen LogP contribution < -0.4 is 15.0 Å². The van der Waals surface area contributed by atoms with E-state index in [1.165, 1.54) is 13.2 Å². The summed E-state index contributed by atoms with van der Waals surface area (Å²) in [5.41, 5.74) is 3.94. The van der Waals surface area contributed by atoms with E-state index in [0.29, 0.717) is 46.2 Å². The zero-order valence-corrected chi connectivity index (χ0v) is 24.6. The lowest BCUT2D eigenvalue weighted by atomic mass is 10.0. The molecule has 0 aliphatic heterocycles. The molecule has 42 heavy (non-hydrogen) atoms. The number of fused-ring (bicyclic) bond motifs is 1. The first-order valence-electron chi connectivity index (χ1n) is 13.1. The molecule has 0 aliphatic carbocycles. The van der Waals surface area contributed by atoms with E-state index in [0.717, 1.165) is 24.1 Å². The van der Waals surface area contributed by atoms with Gasteiger partial charge in [0.15, 0.2) is 9.84 Å². The second-order valence-corrected chi connectivity index (χ2v) is 11.8. The van der Waals surface area contributed by atoms with Crippen LogP contribution in [0.3, 0.4) is 0 Å². The quantitative estimate of drug-likeness (QED) is 0.217. The van der Waals surface area contributed by atoms with Crippen LogP contribution in [-0.4, -0.2) is 50.3 Å². The largest absolute Gasteiger partial charge is 0.481 e. The first-order valence-corrected chi connectivity index (χ1v) is 15.0. The summed E-state index contributed by atoms with van der Waals surface area (Å²) in [7, 11) is -0.201. The fourth-order valence-electron chi connectivity index (χ4n) is 4.76. The number of pyridine rings is 3. The van der Waals surface area contributed by atoms with Crippen LogP contribution in [0.25, 0.3) is 33.4 Å². The number of nitrogens with one attached hydrogen (secondary N) is 1. The minimum absolute atomic E-state index is 0.0290. The Morgan fingerprint density at radius 2 is 1.76 bits per heavy atom. The van der Waals surface area contributed by atoms with Gasteiger partial charge in [0, 0.05) is 55.4 Å². The predicted molar refractivity (Wildman–Crippen MR) is 161 cm³/mol. The molecule has 0 unspecified atom stereocenters. The van der Waals surface area contributed by atoms with Crippen molar-refractivity contribution >= 4 is 37.8 Å². The molecule has 216 valence electrons. The third kappa shape index (κ3) is 5.47. The minimum atomic E-state index is -3.65. The van der Waals surface area contributed by atoms with Crippen molar-refractivity contribution < 1.29 is 21.9 Å². The molecular weight excluding hydrogens is 560 g/mol. The molecule has 8 nitrogen and oxygen atoms in total. The Morgan fingerprint density at radius 3 is 2.43 bits per heavy atom. The van der Waals surface area contributed by atoms with E-state index in [1.54, 1.807) is 43.6 Å². The van der Waals surface area contributed by atoms with Gasteiger partial charge < -0.3 is 15.0 Å². The third-order valence-electron chi connectivity index (χ3n) is 7.06. The molecule has 0 saturated carbocycles. The van der Waals surface area contributed by atoms with Crippen molar-refractivity contribution in [1.82, 2.24) is 15.0 Å². The van der Waals surface area contributed by atoms with Crippen LogP contribution in [0.15, 0.2) is 71.9 Å². The van der Waals surface area contributed by atoms with E-state index in [9.17, 15) is 12.8 Å². The number of anilines is 3. The van der Waals surface area contributed by atoms with Crippen LogP contribution in [-0.2, 0) is 9.84 Å². The summed E-state index contributed by atoms with van der Waals surface area (Å²) in [4.78, 5) is 15.6. The molecule has 2 aromatic carbocycles. The first-order chi connectivity index (χ1) is 20.0. The normalized spacial score (nSPS) is 11.5. The van der Waals surface area contributed by atoms with Crippen molar-refractivity contribution in [1.29, 1.82) is 0 Å². The van der Waals surface area contributed by atoms with Crippen molar-refractivity contribution in [2.75, 3.05) is 37.2 Å². The number of halogens is 2. The zero-order chi connectivity index (χ0) is 30.2. The maximum atomic E-state index is 15.5. The fraction of sp³-hybridized carbons (Fsp3) is 0.194. The van der Waals surface area contributed by atoms with Gasteiger partial charge in [-0.3, -0.25) is 4.98 Å². The van der Waals surface area contributed by atoms with Gasteiger partial charge in [-0.1, -0.05) is 18.2 Å². The SMILES string of the molecule is CCN(C)c1cnc(-c2ccc(OC)nc2)c(Nc2c(C)c(-c3ccccc3S(C)(=O)=O)nc3cc(F)cc(F)c23)c1. The molecule has 1 N–H and O–H groups in total. The smallest absolute Gasteiger partial charge is 0.212 e. The Labute approximate surface area is 243 Å². The average Bonchev–Trinajstić information content (AvgIpc) is 2.97. The Hall–Kier alpha value is -4.64. The van der Waals surface area contributed by atoms with E-state index in [-0.39, 0.29) is 21.5 Å². The molecular formula is C31H29F2N5O3S. The molecule has 5 aromatic rings. The van der Waals surface area contributed by atoms with Gasteiger partial charge in [0.25, 0.3) is 0 Å². The van der Waals surface area contributed by atoms with Crippen LogP contribution in [0, 0.1) is 18.6 Å². The van der Waals surface area contributed by atoms with Crippen LogP contribution >= 0.6 is 0 Å². The number of sulfone groups is 1. The molecule has 5 rings (SSSR count). The summed E-state index contributed by atoms with van der Waals surface area (Å²) in [5.74, 6) is -1.18. The highest BCUT2D eigenvalue weighted by molar-refractivity contribution is 7.90. The Morgan fingerprint density at radius 1 is 1.00 bits per heavy atom. The summed E-state index contributed by atoms with van der Waals surface area (Å²) in [6.07, 6.45) is 4.46. The second-order valence-electron chi connectivity index (χ2n) is 9.83. The molecule has 0 spiro atoms. The van der Waals surface area contributed by atoms with E-state index >= 15 is 4.39 Å². The summed E-state index contributed by atoms with van der Waals surface area (Å²) < 4.78 is 60.5. The molecule has 0 aliphatic rings. The van der Waals surface area contributed by atoms with E-state index in [2.05, 4.69) is 15.3 Å². The van der Waals surface area contributed by atoms with Gasteiger partial charge in [-0.25, -0.2) is 27.2 Å². The lowest BCUT2D eigenvalue weighted by Crippen LogP contribution is -2.16. The summed E-state index contributed by atoms with van der Waals surface area (Å²) in [6, 6.07) is 13.8. The van der Waals surface area contributed by atoms with Gasteiger partial charge in [0.05, 0.1) is 57.6 Å². The Kier molecular flexibility index (Phi) is 7.79. The number of rotatable bonds is 8. The second kappa shape index (κ2) is 11.3. The van der Waals surface area contributed by atoms with Crippen LogP contribution in [0.2, 0.25) is 0 Å². The van der Waals surface area contributed by atoms with Crippen molar-refractivity contribution in [2.24, 2.45) is 0 Å². The highest BCUT2D eigenvalue weighted by Crippen LogP contribution is 2.41. The van der Waals surface area contributed by atoms with Crippen LogP contribution in [0.1, 0.15) is 12.5 Å². The number of aromatic nitrogens is 3. The van der Waals surface area contributed by atoms with Crippen molar-refractivity contribution in [3.05, 3.63) is 84.2 Å². The monoisotopic (exact) mass is 589 g/mol. The lowest BCUT2D eigenvalue weighted by molar-refractivity contribution is 0.398. The maximum Gasteiger partial charge on any atom is 0.212 e. The van der Waals surface area contributed by atoms with Crippen molar-refractivity contribution in [2.45, 2.75) is 18.7 Å². The maximum absolute atomic E-state index is 15.5. The number of ether oxygens (including phenoxy) is 1. The van der Waals surface area contributed by atoms with Gasteiger partial charge in [0.2, 0.25) is 5.88 Å². The number of hydrogen-bond acceptors (Lipinski definition) is 8. The standard InChI is InChI=1S/C31H29F2N5O3S/c1-6-38(3)21-15-25(31(35-17-21)19-11-12-27(41-4)34-16-19)37-30-18(2)29(22-9-7-8-10-26(22)42(5,39)40)36-24-14-20(32)13-23(33)28(24)30/h7-17H,6H2,1-5H3,(H,36,37). The molecule has 11 heteroatoms. The van der Waals surface area contributed by atoms with Crippen molar-refractivity contribution in [3.8, 4) is 28.4 Å². The van der Waals surface area contributed by atoms with Gasteiger partial charge in [0.1, 0.15) is 11.6 Å². The molecule has 0 amide bonds. The molecule has 0 atom stereocenters. The minimum Gasteiger partial charge on any atom is -0.481 e. The highest BCUT2D eigenvalue weighted by Gasteiger charge is 2.23. The fourth-order valence-corrected chi connectivity index (χ4v) is 5.65. The first kappa shape index (κ1) is 28.9. The molecule has 0 saturated heterocycles. The van der Waals surface area contributed by atoms with E-state index in [4.69, 9.17) is 9.72 Å². The number of benzene rings is 2. The molecule has 3 heterocycles. The Balaban J connectivity index is 1.80. The molecule has 0 fully saturated rings. The van der Waals surface area contributed by atoms with Gasteiger partial charge in [-0.2, -0.15) is 0 Å². The topological polar surface area (TPSA) is 97.3 Å². The number of hydrogen-bond donors (Lipinski definition) is 1. The van der Waals surface area contributed by atoms with E-state index in [1.807, 2.05) is 31.0 Å². The number of methoxy groups -OCH3 is 1. The molecule has 0 bridgehead atoms. The lowest BCUT2D eigenvalue weighted by Gasteiger charge is -2.22. The summed E-state index contributed by atoms with van der Waals surface area (Å²) >= 11 is 0. The van der Waals surface area contributed by atoms with Crippen LogP contribution in [0.5, 0.6) is 5.88 Å². The van der Waals surface area contributed by atoms with E-state index < -0.39 is 21.5 Å². The highest BCUT2D eigenvalue weighted by atomic mass is 32.2. The predicted octanol–water partition coefficient (Wildman–Crippen LogP) is 6.56. The molecule has 0 radical (unpaired) electrons. The van der Waals surface area contributed by atoms with Gasteiger partial charge in [-0.15, -0.1) is 0 Å². The van der Waals surface area contributed by atoms with Gasteiger partial charge in [-0.05, 0) is 37.6 Å². The van der Waals surface area contributed by atoms with Gasteiger partial charge >= 0.3 is 0 Å². The average molecular weight is 590 g/mol.